The molecule has 3 atom stereocenters. The van der Waals surface area contributed by atoms with E-state index in [2.05, 4.69) is 36.6 Å². The number of rotatable bonds is 5. The van der Waals surface area contributed by atoms with Gasteiger partial charge in [0, 0.05) is 18.5 Å². The third-order valence-corrected chi connectivity index (χ3v) is 5.27. The van der Waals surface area contributed by atoms with Crippen LogP contribution in [0.15, 0.2) is 0 Å². The van der Waals surface area contributed by atoms with Gasteiger partial charge in [0.25, 0.3) is 0 Å². The molecule has 0 spiro atoms. The van der Waals surface area contributed by atoms with E-state index >= 15 is 0 Å². The molecule has 1 amide bonds. The highest BCUT2D eigenvalue weighted by Crippen LogP contribution is 2.35. The summed E-state index contributed by atoms with van der Waals surface area (Å²) in [7, 11) is 4.32. The second kappa shape index (κ2) is 9.96. The molecule has 4 nitrogen and oxygen atoms in total. The van der Waals surface area contributed by atoms with Crippen molar-refractivity contribution in [3.8, 4) is 0 Å². The monoisotopic (exact) mass is 353 g/mol. The van der Waals surface area contributed by atoms with Crippen LogP contribution in [-0.4, -0.2) is 50.1 Å². The van der Waals surface area contributed by atoms with Gasteiger partial charge in [-0.25, -0.2) is 0 Å². The van der Waals surface area contributed by atoms with Crippen LogP contribution in [0.2, 0.25) is 0 Å². The molecule has 22 heavy (non-hydrogen) atoms. The van der Waals surface area contributed by atoms with Gasteiger partial charge in [-0.3, -0.25) is 4.79 Å². The van der Waals surface area contributed by atoms with Crippen molar-refractivity contribution in [1.82, 2.24) is 15.5 Å². The Kier molecular flexibility index (Phi) is 9.95. The molecule has 1 aliphatic heterocycles. The number of nitrogens with zero attached hydrogens (tertiary/aromatic N) is 1. The molecular formula is C16H33Cl2N3O. The second-order valence-electron chi connectivity index (χ2n) is 7.16. The Morgan fingerprint density at radius 1 is 1.32 bits per heavy atom. The zero-order valence-corrected chi connectivity index (χ0v) is 15.8. The third-order valence-electron chi connectivity index (χ3n) is 5.27. The number of hydrogen-bond acceptors (Lipinski definition) is 3. The number of likely N-dealkylation sites (N-methyl/N-ethyl adjacent to an activating group) is 1. The van der Waals surface area contributed by atoms with Crippen LogP contribution in [0.25, 0.3) is 0 Å². The molecule has 2 aliphatic rings. The van der Waals surface area contributed by atoms with E-state index in [1.165, 1.54) is 25.7 Å². The van der Waals surface area contributed by atoms with Gasteiger partial charge in [-0.05, 0) is 58.3 Å². The number of nitrogens with one attached hydrogen (secondary N) is 2. The number of hydrogen-bond donors (Lipinski definition) is 2. The van der Waals surface area contributed by atoms with Crippen LogP contribution >= 0.6 is 24.8 Å². The number of amides is 1. The summed E-state index contributed by atoms with van der Waals surface area (Å²) < 4.78 is 0. The summed E-state index contributed by atoms with van der Waals surface area (Å²) in [6.45, 7) is 5.22. The molecule has 6 heteroatoms. The minimum Gasteiger partial charge on any atom is -0.354 e. The van der Waals surface area contributed by atoms with E-state index in [-0.39, 0.29) is 36.3 Å². The fourth-order valence-corrected chi connectivity index (χ4v) is 3.84. The highest BCUT2D eigenvalue weighted by atomic mass is 35.5. The number of halogens is 2. The SMILES string of the molecule is CC1CCCC(CNC(=O)CC2CCNC2)(N(C)C)C1.Cl.Cl. The Labute approximate surface area is 148 Å². The fourth-order valence-electron chi connectivity index (χ4n) is 3.84. The normalized spacial score (nSPS) is 31.3. The first-order valence-corrected chi connectivity index (χ1v) is 8.17. The molecule has 0 aromatic carbocycles. The van der Waals surface area contributed by atoms with E-state index in [1.807, 2.05) is 0 Å². The van der Waals surface area contributed by atoms with Gasteiger partial charge in [0.15, 0.2) is 0 Å². The maximum Gasteiger partial charge on any atom is 0.220 e. The van der Waals surface area contributed by atoms with Gasteiger partial charge in [0.1, 0.15) is 0 Å². The zero-order chi connectivity index (χ0) is 14.6. The molecule has 1 heterocycles. The van der Waals surface area contributed by atoms with Gasteiger partial charge < -0.3 is 15.5 Å². The third kappa shape index (κ3) is 5.88. The highest BCUT2D eigenvalue weighted by molar-refractivity contribution is 5.85. The molecular weight excluding hydrogens is 321 g/mol. The molecule has 2 rings (SSSR count). The minimum atomic E-state index is 0. The van der Waals surface area contributed by atoms with Crippen LogP contribution in [0.3, 0.4) is 0 Å². The average Bonchev–Trinajstić information content (AvgIpc) is 2.89. The highest BCUT2D eigenvalue weighted by Gasteiger charge is 2.37. The lowest BCUT2D eigenvalue weighted by molar-refractivity contribution is -0.122. The predicted octanol–water partition coefficient (Wildman–Crippen LogP) is 2.46. The maximum atomic E-state index is 12.1. The molecule has 1 saturated heterocycles. The Morgan fingerprint density at radius 3 is 2.59 bits per heavy atom. The Hall–Kier alpha value is -0.0300. The summed E-state index contributed by atoms with van der Waals surface area (Å²) in [5.74, 6) is 1.54. The molecule has 1 saturated carbocycles. The van der Waals surface area contributed by atoms with Gasteiger partial charge in [-0.2, -0.15) is 0 Å². The molecule has 0 radical (unpaired) electrons. The molecule has 0 bridgehead atoms. The van der Waals surface area contributed by atoms with Crippen molar-refractivity contribution >= 4 is 30.7 Å². The summed E-state index contributed by atoms with van der Waals surface area (Å²) >= 11 is 0. The first-order valence-electron chi connectivity index (χ1n) is 8.17. The van der Waals surface area contributed by atoms with Gasteiger partial charge in [-0.1, -0.05) is 19.8 Å². The van der Waals surface area contributed by atoms with E-state index in [4.69, 9.17) is 0 Å². The summed E-state index contributed by atoms with van der Waals surface area (Å²) in [6, 6.07) is 0. The summed E-state index contributed by atoms with van der Waals surface area (Å²) in [6.07, 6.45) is 6.84. The standard InChI is InChI=1S/C16H31N3O.2ClH/c1-13-5-4-7-16(10-13,19(2)3)12-18-15(20)9-14-6-8-17-11-14;;/h13-14,17H,4-12H2,1-3H3,(H,18,20);2*1H. The van der Waals surface area contributed by atoms with Crippen LogP contribution in [0.5, 0.6) is 0 Å². The lowest BCUT2D eigenvalue weighted by Gasteiger charge is -2.45. The van der Waals surface area contributed by atoms with Crippen molar-refractivity contribution in [1.29, 1.82) is 0 Å². The first kappa shape index (κ1) is 22.0. The van der Waals surface area contributed by atoms with Crippen LogP contribution in [-0.2, 0) is 4.79 Å². The molecule has 3 unspecified atom stereocenters. The quantitative estimate of drug-likeness (QED) is 0.797. The molecule has 0 aromatic rings. The smallest absolute Gasteiger partial charge is 0.220 e. The maximum absolute atomic E-state index is 12.1. The lowest BCUT2D eigenvalue weighted by atomic mass is 9.75. The van der Waals surface area contributed by atoms with Crippen molar-refractivity contribution in [2.24, 2.45) is 11.8 Å². The largest absolute Gasteiger partial charge is 0.354 e. The van der Waals surface area contributed by atoms with Crippen molar-refractivity contribution < 1.29 is 4.79 Å². The Bertz CT molecular complexity index is 335. The van der Waals surface area contributed by atoms with E-state index in [0.717, 1.165) is 32.0 Å². The first-order chi connectivity index (χ1) is 9.52. The van der Waals surface area contributed by atoms with Crippen LogP contribution in [0, 0.1) is 11.8 Å². The van der Waals surface area contributed by atoms with Crippen LogP contribution in [0.4, 0.5) is 0 Å². The number of carbonyl (C=O) groups excluding carboxylic acids is 1. The van der Waals surface area contributed by atoms with Gasteiger partial charge in [0.05, 0.1) is 0 Å². The zero-order valence-electron chi connectivity index (χ0n) is 14.2. The Morgan fingerprint density at radius 2 is 2.05 bits per heavy atom. The van der Waals surface area contributed by atoms with Crippen LogP contribution < -0.4 is 10.6 Å². The summed E-state index contributed by atoms with van der Waals surface area (Å²) in [5, 5.41) is 6.54. The topological polar surface area (TPSA) is 44.4 Å². The molecule has 2 fully saturated rings. The number of carbonyl (C=O) groups is 1. The second-order valence-corrected chi connectivity index (χ2v) is 7.16. The fraction of sp³-hybridized carbons (Fsp3) is 0.938. The molecule has 132 valence electrons. The van der Waals surface area contributed by atoms with E-state index in [9.17, 15) is 4.79 Å². The lowest BCUT2D eigenvalue weighted by Crippen LogP contribution is -2.55. The predicted molar refractivity (Wildman–Crippen MR) is 97.1 cm³/mol. The molecule has 2 N–H and O–H groups in total. The van der Waals surface area contributed by atoms with Crippen molar-refractivity contribution in [2.45, 2.75) is 51.0 Å². The van der Waals surface area contributed by atoms with Crippen molar-refractivity contribution in [3.05, 3.63) is 0 Å². The minimum absolute atomic E-state index is 0. The van der Waals surface area contributed by atoms with Gasteiger partial charge in [0.2, 0.25) is 5.91 Å². The van der Waals surface area contributed by atoms with E-state index in [0.29, 0.717) is 12.3 Å². The Balaban J connectivity index is 0.00000220. The van der Waals surface area contributed by atoms with E-state index < -0.39 is 0 Å². The summed E-state index contributed by atoms with van der Waals surface area (Å²) in [4.78, 5) is 14.5. The van der Waals surface area contributed by atoms with Crippen LogP contribution in [0.1, 0.15) is 45.4 Å². The molecule has 1 aliphatic carbocycles. The van der Waals surface area contributed by atoms with Gasteiger partial charge >= 0.3 is 0 Å². The van der Waals surface area contributed by atoms with E-state index in [1.54, 1.807) is 0 Å². The van der Waals surface area contributed by atoms with Crippen molar-refractivity contribution in [2.75, 3.05) is 33.7 Å². The van der Waals surface area contributed by atoms with Gasteiger partial charge in [-0.15, -0.1) is 24.8 Å². The average molecular weight is 354 g/mol. The molecule has 0 aromatic heterocycles. The summed E-state index contributed by atoms with van der Waals surface area (Å²) in [5.41, 5.74) is 0.168. The van der Waals surface area contributed by atoms with Crippen molar-refractivity contribution in [3.63, 3.8) is 0 Å².